The Balaban J connectivity index is 2.97. The molecule has 124 valence electrons. The Bertz CT molecular complexity index is 619. The number of rotatable bonds is 8. The molecule has 5 nitrogen and oxygen atoms in total. The Morgan fingerprint density at radius 2 is 2.13 bits per heavy atom. The smallest absolute Gasteiger partial charge is 0.276 e. The highest BCUT2D eigenvalue weighted by molar-refractivity contribution is 5.98. The molecule has 0 aliphatic rings. The van der Waals surface area contributed by atoms with Crippen LogP contribution in [0, 0.1) is 13.8 Å². The molecule has 0 saturated heterocycles. The van der Waals surface area contributed by atoms with E-state index < -0.39 is 5.91 Å². The Morgan fingerprint density at radius 3 is 2.70 bits per heavy atom. The first-order chi connectivity index (χ1) is 11.0. The molecule has 0 radical (unpaired) electrons. The molecule has 0 aliphatic heterocycles. The molecule has 0 aromatic heterocycles. The third-order valence-electron chi connectivity index (χ3n) is 3.12. The highest BCUT2D eigenvalue weighted by Gasteiger charge is 2.14. The third-order valence-corrected chi connectivity index (χ3v) is 3.12. The van der Waals surface area contributed by atoms with Crippen molar-refractivity contribution in [3.63, 3.8) is 0 Å². The first-order valence-electron chi connectivity index (χ1n) is 7.40. The summed E-state index contributed by atoms with van der Waals surface area (Å²) in [6, 6.07) is 6.04. The number of hydrogen-bond donors (Lipinski definition) is 3. The van der Waals surface area contributed by atoms with E-state index in [1.165, 1.54) is 11.6 Å². The summed E-state index contributed by atoms with van der Waals surface area (Å²) < 4.78 is 0. The molecule has 3 N–H and O–H groups in total. The summed E-state index contributed by atoms with van der Waals surface area (Å²) in [5.74, 6) is -0.413. The lowest BCUT2D eigenvalue weighted by atomic mass is 10.1. The molecular weight excluding hydrogens is 292 g/mol. The summed E-state index contributed by atoms with van der Waals surface area (Å²) in [6.07, 6.45) is 4.94. The summed E-state index contributed by atoms with van der Waals surface area (Å²) in [5, 5.41) is 12.0. The Hall–Kier alpha value is -2.37. The van der Waals surface area contributed by atoms with Gasteiger partial charge in [-0.25, -0.2) is 5.48 Å². The summed E-state index contributed by atoms with van der Waals surface area (Å²) >= 11 is 0. The van der Waals surface area contributed by atoms with Crippen LogP contribution in [0.1, 0.15) is 18.1 Å². The Kier molecular flexibility index (Phi) is 7.80. The molecule has 0 fully saturated rings. The van der Waals surface area contributed by atoms with E-state index in [4.69, 9.17) is 9.94 Å². The molecule has 1 aromatic carbocycles. The number of nitrogens with one attached hydrogen (secondary N) is 2. The predicted octanol–water partition coefficient (Wildman–Crippen LogP) is 2.77. The zero-order valence-electron chi connectivity index (χ0n) is 13.8. The summed E-state index contributed by atoms with van der Waals surface area (Å²) in [6.45, 7) is 9.37. The standard InChI is InChI=1S/C18H24N2O3/c1-5-7-15(18(22)20-23-11-10-21)16(6-2)19-17-9-8-13(3)12-14(17)4/h5-9,12,19,21H,1,10-11H2,2-4H3,(H,20,22)/b15-7+,16-6+. The summed E-state index contributed by atoms with van der Waals surface area (Å²) in [7, 11) is 0. The maximum absolute atomic E-state index is 12.2. The number of aliphatic hydroxyl groups is 1. The fourth-order valence-electron chi connectivity index (χ4n) is 2.02. The van der Waals surface area contributed by atoms with Crippen molar-refractivity contribution in [1.29, 1.82) is 0 Å². The van der Waals surface area contributed by atoms with Crippen molar-refractivity contribution in [3.05, 3.63) is 65.4 Å². The molecular formula is C18H24N2O3. The molecule has 0 spiro atoms. The SMILES string of the molecule is C=C/C=C(C(=O)NOCCO)\C(=C/C)Nc1ccc(C)cc1C. The number of benzene rings is 1. The lowest BCUT2D eigenvalue weighted by Crippen LogP contribution is -2.28. The monoisotopic (exact) mass is 316 g/mol. The summed E-state index contributed by atoms with van der Waals surface area (Å²) in [5.41, 5.74) is 6.50. The number of carbonyl (C=O) groups excluding carboxylic acids is 1. The molecule has 1 amide bonds. The minimum Gasteiger partial charge on any atom is -0.394 e. The molecule has 0 bridgehead atoms. The number of hydroxylamine groups is 1. The zero-order chi connectivity index (χ0) is 17.2. The van der Waals surface area contributed by atoms with Gasteiger partial charge in [0.2, 0.25) is 0 Å². The molecule has 0 saturated carbocycles. The number of aliphatic hydroxyl groups excluding tert-OH is 1. The lowest BCUT2D eigenvalue weighted by molar-refractivity contribution is -0.130. The molecule has 0 aliphatic carbocycles. The van der Waals surface area contributed by atoms with E-state index in [9.17, 15) is 4.79 Å². The van der Waals surface area contributed by atoms with E-state index in [0.717, 1.165) is 11.3 Å². The van der Waals surface area contributed by atoms with Crippen LogP contribution < -0.4 is 10.8 Å². The second-order valence-corrected chi connectivity index (χ2v) is 4.97. The van der Waals surface area contributed by atoms with E-state index >= 15 is 0 Å². The van der Waals surface area contributed by atoms with Gasteiger partial charge in [-0.1, -0.05) is 36.4 Å². The van der Waals surface area contributed by atoms with Crippen molar-refractivity contribution < 1.29 is 14.7 Å². The minimum absolute atomic E-state index is 0.0305. The fraction of sp³-hybridized carbons (Fsp3) is 0.278. The maximum atomic E-state index is 12.2. The summed E-state index contributed by atoms with van der Waals surface area (Å²) in [4.78, 5) is 17.1. The highest BCUT2D eigenvalue weighted by atomic mass is 16.7. The molecule has 1 rings (SSSR count). The van der Waals surface area contributed by atoms with Crippen LogP contribution in [0.4, 0.5) is 5.69 Å². The average Bonchev–Trinajstić information content (AvgIpc) is 2.52. The minimum atomic E-state index is -0.413. The highest BCUT2D eigenvalue weighted by Crippen LogP contribution is 2.21. The van der Waals surface area contributed by atoms with Gasteiger partial charge in [0.15, 0.2) is 0 Å². The van der Waals surface area contributed by atoms with Crippen LogP contribution >= 0.6 is 0 Å². The van der Waals surface area contributed by atoms with Crippen LogP contribution in [0.25, 0.3) is 0 Å². The number of amides is 1. The lowest BCUT2D eigenvalue weighted by Gasteiger charge is -2.16. The van der Waals surface area contributed by atoms with Crippen LogP contribution in [0.15, 0.2) is 54.3 Å². The van der Waals surface area contributed by atoms with Gasteiger partial charge in [0.25, 0.3) is 5.91 Å². The van der Waals surface area contributed by atoms with Crippen molar-refractivity contribution in [2.24, 2.45) is 0 Å². The van der Waals surface area contributed by atoms with Gasteiger partial charge in [-0.15, -0.1) is 0 Å². The second kappa shape index (κ2) is 9.61. The van der Waals surface area contributed by atoms with E-state index in [0.29, 0.717) is 11.3 Å². The second-order valence-electron chi connectivity index (χ2n) is 4.97. The number of carbonyl (C=O) groups is 1. The first-order valence-corrected chi connectivity index (χ1v) is 7.40. The zero-order valence-corrected chi connectivity index (χ0v) is 13.8. The van der Waals surface area contributed by atoms with Crippen molar-refractivity contribution in [2.45, 2.75) is 20.8 Å². The van der Waals surface area contributed by atoms with Crippen LogP contribution in [0.5, 0.6) is 0 Å². The largest absolute Gasteiger partial charge is 0.394 e. The fourth-order valence-corrected chi connectivity index (χ4v) is 2.02. The topological polar surface area (TPSA) is 70.6 Å². The van der Waals surface area contributed by atoms with E-state index in [1.54, 1.807) is 12.2 Å². The number of aryl methyl sites for hydroxylation is 2. The van der Waals surface area contributed by atoms with Crippen molar-refractivity contribution in [3.8, 4) is 0 Å². The predicted molar refractivity (Wildman–Crippen MR) is 92.8 cm³/mol. The van der Waals surface area contributed by atoms with E-state index in [1.807, 2.05) is 32.9 Å². The third kappa shape index (κ3) is 5.73. The van der Waals surface area contributed by atoms with Gasteiger partial charge in [-0.05, 0) is 38.5 Å². The average molecular weight is 316 g/mol. The number of allylic oxidation sites excluding steroid dienone is 3. The van der Waals surface area contributed by atoms with Gasteiger partial charge >= 0.3 is 0 Å². The first kappa shape index (κ1) is 18.7. The van der Waals surface area contributed by atoms with Crippen LogP contribution in [0.3, 0.4) is 0 Å². The Morgan fingerprint density at radius 1 is 1.39 bits per heavy atom. The van der Waals surface area contributed by atoms with Crippen LogP contribution in [-0.4, -0.2) is 24.2 Å². The molecule has 1 aromatic rings. The van der Waals surface area contributed by atoms with Crippen molar-refractivity contribution >= 4 is 11.6 Å². The molecule has 0 unspecified atom stereocenters. The van der Waals surface area contributed by atoms with Gasteiger partial charge in [-0.3, -0.25) is 9.63 Å². The van der Waals surface area contributed by atoms with Gasteiger partial charge in [0.1, 0.15) is 0 Å². The van der Waals surface area contributed by atoms with Crippen LogP contribution in [-0.2, 0) is 9.63 Å². The van der Waals surface area contributed by atoms with Crippen molar-refractivity contribution in [1.82, 2.24) is 5.48 Å². The molecule has 0 heterocycles. The number of hydrogen-bond acceptors (Lipinski definition) is 4. The quantitative estimate of drug-likeness (QED) is 0.298. The van der Waals surface area contributed by atoms with Crippen LogP contribution in [0.2, 0.25) is 0 Å². The number of anilines is 1. The van der Waals surface area contributed by atoms with Gasteiger partial charge in [0, 0.05) is 11.4 Å². The molecule has 0 atom stereocenters. The maximum Gasteiger partial charge on any atom is 0.276 e. The van der Waals surface area contributed by atoms with E-state index in [-0.39, 0.29) is 13.2 Å². The van der Waals surface area contributed by atoms with Crippen molar-refractivity contribution in [2.75, 3.05) is 18.5 Å². The van der Waals surface area contributed by atoms with E-state index in [2.05, 4.69) is 23.4 Å². The van der Waals surface area contributed by atoms with Gasteiger partial charge in [0.05, 0.1) is 18.8 Å². The molecule has 5 heteroatoms. The normalized spacial score (nSPS) is 12.0. The van der Waals surface area contributed by atoms with Gasteiger partial charge in [-0.2, -0.15) is 0 Å². The molecule has 23 heavy (non-hydrogen) atoms. The van der Waals surface area contributed by atoms with Gasteiger partial charge < -0.3 is 10.4 Å². The Labute approximate surface area is 137 Å².